The molecule has 0 aromatic heterocycles. The fraction of sp³-hybridized carbons (Fsp3) is 0.0625. The van der Waals surface area contributed by atoms with Crippen LogP contribution in [0, 0.1) is 5.92 Å². The van der Waals surface area contributed by atoms with E-state index in [2.05, 4.69) is 0 Å². The molecule has 0 atom stereocenters. The van der Waals surface area contributed by atoms with Gasteiger partial charge in [-0.3, -0.25) is 9.59 Å². The van der Waals surface area contributed by atoms with Gasteiger partial charge < -0.3 is 0 Å². The van der Waals surface area contributed by atoms with E-state index < -0.39 is 0 Å². The lowest BCUT2D eigenvalue weighted by atomic mass is 9.92. The molecular weight excluding hydrogens is 224 g/mol. The predicted octanol–water partition coefficient (Wildman–Crippen LogP) is 3.35. The van der Waals surface area contributed by atoms with Crippen LogP contribution in [0.15, 0.2) is 60.7 Å². The molecule has 0 fully saturated rings. The van der Waals surface area contributed by atoms with Crippen LogP contribution in [-0.2, 0) is 0 Å². The molecule has 0 saturated heterocycles. The predicted molar refractivity (Wildman–Crippen MR) is 70.5 cm³/mol. The first-order chi connectivity index (χ1) is 8.70. The normalized spacial score (nSPS) is 10.3. The van der Waals surface area contributed by atoms with Crippen molar-refractivity contribution < 1.29 is 9.59 Å². The second-order valence-electron chi connectivity index (χ2n) is 4.02. The van der Waals surface area contributed by atoms with Crippen molar-refractivity contribution >= 4 is 11.6 Å². The van der Waals surface area contributed by atoms with E-state index in [-0.39, 0.29) is 17.5 Å². The summed E-state index contributed by atoms with van der Waals surface area (Å²) in [5.74, 6) is -0.193. The molecular formula is C16H13O2. The van der Waals surface area contributed by atoms with Gasteiger partial charge in [-0.05, 0) is 6.92 Å². The number of hydrogen-bond donors (Lipinski definition) is 0. The summed E-state index contributed by atoms with van der Waals surface area (Å²) in [6, 6.07) is 17.7. The molecule has 2 heteroatoms. The Bertz CT molecular complexity index is 492. The lowest BCUT2D eigenvalue weighted by molar-refractivity contribution is 0.0925. The Hall–Kier alpha value is -2.22. The van der Waals surface area contributed by atoms with Gasteiger partial charge in [0.05, 0.1) is 0 Å². The molecule has 0 heterocycles. The van der Waals surface area contributed by atoms with Crippen molar-refractivity contribution in [3.8, 4) is 0 Å². The van der Waals surface area contributed by atoms with Gasteiger partial charge in [0.1, 0.15) is 5.92 Å². The van der Waals surface area contributed by atoms with Gasteiger partial charge >= 0.3 is 0 Å². The minimum absolute atomic E-state index is 0.218. The first kappa shape index (κ1) is 12.2. The second-order valence-corrected chi connectivity index (χ2v) is 4.02. The molecule has 0 N–H and O–H groups in total. The Labute approximate surface area is 106 Å². The minimum Gasteiger partial charge on any atom is -0.293 e. The van der Waals surface area contributed by atoms with Crippen LogP contribution in [0.3, 0.4) is 0 Å². The van der Waals surface area contributed by atoms with Gasteiger partial charge in [-0.25, -0.2) is 0 Å². The van der Waals surface area contributed by atoms with Crippen LogP contribution in [0.4, 0.5) is 0 Å². The van der Waals surface area contributed by atoms with Gasteiger partial charge in [-0.1, -0.05) is 60.7 Å². The van der Waals surface area contributed by atoms with Crippen molar-refractivity contribution in [2.45, 2.75) is 6.92 Å². The van der Waals surface area contributed by atoms with Gasteiger partial charge in [-0.2, -0.15) is 0 Å². The van der Waals surface area contributed by atoms with E-state index in [9.17, 15) is 9.59 Å². The molecule has 0 aliphatic heterocycles. The maximum atomic E-state index is 12.1. The Morgan fingerprint density at radius 1 is 0.667 bits per heavy atom. The zero-order valence-electron chi connectivity index (χ0n) is 10.1. The number of benzene rings is 2. The zero-order valence-corrected chi connectivity index (χ0v) is 10.1. The molecule has 0 aliphatic carbocycles. The highest BCUT2D eigenvalue weighted by Crippen LogP contribution is 2.16. The SMILES string of the molecule is C[C](C(=O)c1ccccc1)C(=O)c1ccccc1. The number of Topliss-reactive ketones (excluding diaryl/α,β-unsaturated/α-hetero) is 2. The third-order valence-corrected chi connectivity index (χ3v) is 2.75. The summed E-state index contributed by atoms with van der Waals surface area (Å²) < 4.78 is 0. The largest absolute Gasteiger partial charge is 0.293 e. The summed E-state index contributed by atoms with van der Waals surface area (Å²) in [5.41, 5.74) is 1.08. The topological polar surface area (TPSA) is 34.1 Å². The highest BCUT2D eigenvalue weighted by Gasteiger charge is 2.24. The van der Waals surface area contributed by atoms with Gasteiger partial charge in [0, 0.05) is 11.1 Å². The van der Waals surface area contributed by atoms with Gasteiger partial charge in [-0.15, -0.1) is 0 Å². The van der Waals surface area contributed by atoms with Crippen molar-refractivity contribution in [1.29, 1.82) is 0 Å². The van der Waals surface area contributed by atoms with Crippen LogP contribution in [-0.4, -0.2) is 11.6 Å². The highest BCUT2D eigenvalue weighted by atomic mass is 16.1. The first-order valence-corrected chi connectivity index (χ1v) is 5.73. The van der Waals surface area contributed by atoms with Crippen molar-refractivity contribution in [2.75, 3.05) is 0 Å². The summed E-state index contributed by atoms with van der Waals surface area (Å²) in [7, 11) is 0. The van der Waals surface area contributed by atoms with E-state index in [4.69, 9.17) is 0 Å². The quantitative estimate of drug-likeness (QED) is 0.603. The van der Waals surface area contributed by atoms with Crippen molar-refractivity contribution in [3.63, 3.8) is 0 Å². The monoisotopic (exact) mass is 237 g/mol. The number of carbonyl (C=O) groups is 2. The van der Waals surface area contributed by atoms with Crippen molar-refractivity contribution in [3.05, 3.63) is 77.7 Å². The molecule has 2 rings (SSSR count). The summed E-state index contributed by atoms with van der Waals surface area (Å²) in [5, 5.41) is 0. The van der Waals surface area contributed by atoms with E-state index in [0.717, 1.165) is 0 Å². The van der Waals surface area contributed by atoms with Gasteiger partial charge in [0.15, 0.2) is 11.6 Å². The van der Waals surface area contributed by atoms with E-state index in [1.165, 1.54) is 0 Å². The van der Waals surface area contributed by atoms with Crippen molar-refractivity contribution in [2.24, 2.45) is 0 Å². The first-order valence-electron chi connectivity index (χ1n) is 5.73. The van der Waals surface area contributed by atoms with Crippen LogP contribution in [0.5, 0.6) is 0 Å². The molecule has 89 valence electrons. The van der Waals surface area contributed by atoms with Crippen LogP contribution < -0.4 is 0 Å². The Balaban J connectivity index is 2.20. The number of ketones is 2. The Morgan fingerprint density at radius 3 is 1.33 bits per heavy atom. The second kappa shape index (κ2) is 5.41. The van der Waals surface area contributed by atoms with Crippen molar-refractivity contribution in [1.82, 2.24) is 0 Å². The molecule has 0 unspecified atom stereocenters. The maximum Gasteiger partial charge on any atom is 0.177 e. The molecule has 0 saturated carbocycles. The molecule has 0 aliphatic rings. The maximum absolute atomic E-state index is 12.1. The van der Waals surface area contributed by atoms with E-state index in [1.54, 1.807) is 55.5 Å². The lowest BCUT2D eigenvalue weighted by Gasteiger charge is -2.08. The fourth-order valence-corrected chi connectivity index (χ4v) is 1.72. The van der Waals surface area contributed by atoms with E-state index >= 15 is 0 Å². The van der Waals surface area contributed by atoms with Crippen LogP contribution in [0.1, 0.15) is 27.6 Å². The Kier molecular flexibility index (Phi) is 3.68. The molecule has 18 heavy (non-hydrogen) atoms. The van der Waals surface area contributed by atoms with Crippen LogP contribution >= 0.6 is 0 Å². The van der Waals surface area contributed by atoms with E-state index in [0.29, 0.717) is 11.1 Å². The molecule has 2 aromatic carbocycles. The fourth-order valence-electron chi connectivity index (χ4n) is 1.72. The number of rotatable bonds is 4. The summed E-state index contributed by atoms with van der Waals surface area (Å²) >= 11 is 0. The summed E-state index contributed by atoms with van der Waals surface area (Å²) in [4.78, 5) is 24.2. The molecule has 1 radical (unpaired) electrons. The highest BCUT2D eigenvalue weighted by molar-refractivity contribution is 6.27. The van der Waals surface area contributed by atoms with Gasteiger partial charge in [0.25, 0.3) is 0 Å². The third-order valence-electron chi connectivity index (χ3n) is 2.75. The smallest absolute Gasteiger partial charge is 0.177 e. The standard InChI is InChI=1S/C16H13O2/c1-12(15(17)13-8-4-2-5-9-13)16(18)14-10-6-3-7-11-14/h2-11H,1H3. The lowest BCUT2D eigenvalue weighted by Crippen LogP contribution is -2.19. The third kappa shape index (κ3) is 2.54. The zero-order chi connectivity index (χ0) is 13.0. The average Bonchev–Trinajstić information content (AvgIpc) is 2.47. The summed E-state index contributed by atoms with van der Waals surface area (Å²) in [6.07, 6.45) is 0. The molecule has 0 spiro atoms. The Morgan fingerprint density at radius 2 is 1.00 bits per heavy atom. The minimum atomic E-state index is -0.218. The average molecular weight is 237 g/mol. The molecule has 2 nitrogen and oxygen atoms in total. The molecule has 0 amide bonds. The van der Waals surface area contributed by atoms with Crippen LogP contribution in [0.2, 0.25) is 0 Å². The molecule has 0 bridgehead atoms. The summed E-state index contributed by atoms with van der Waals surface area (Å²) in [6.45, 7) is 1.57. The van der Waals surface area contributed by atoms with E-state index in [1.807, 2.05) is 12.1 Å². The number of carbonyl (C=O) groups excluding carboxylic acids is 2. The molecule has 2 aromatic rings. The van der Waals surface area contributed by atoms with Crippen LogP contribution in [0.25, 0.3) is 0 Å². The van der Waals surface area contributed by atoms with Gasteiger partial charge in [0.2, 0.25) is 0 Å². The number of hydrogen-bond acceptors (Lipinski definition) is 2.